The van der Waals surface area contributed by atoms with Crippen LogP contribution in [0.25, 0.3) is 5.78 Å². The highest BCUT2D eigenvalue weighted by Gasteiger charge is 2.25. The van der Waals surface area contributed by atoms with Gasteiger partial charge in [0.05, 0.1) is 12.2 Å². The van der Waals surface area contributed by atoms with Crippen LogP contribution in [0.1, 0.15) is 28.8 Å². The average Bonchev–Trinajstić information content (AvgIpc) is 3.09. The summed E-state index contributed by atoms with van der Waals surface area (Å²) >= 11 is 0. The van der Waals surface area contributed by atoms with Gasteiger partial charge in [0.1, 0.15) is 17.4 Å². The molecule has 28 heavy (non-hydrogen) atoms. The third-order valence-electron chi connectivity index (χ3n) is 5.02. The molecule has 0 atom stereocenters. The monoisotopic (exact) mass is 380 g/mol. The second-order valence-corrected chi connectivity index (χ2v) is 6.85. The van der Waals surface area contributed by atoms with Crippen molar-refractivity contribution in [1.82, 2.24) is 24.5 Å². The summed E-state index contributed by atoms with van der Waals surface area (Å²) in [4.78, 5) is 21.7. The predicted octanol–water partition coefficient (Wildman–Crippen LogP) is 2.10. The van der Waals surface area contributed by atoms with E-state index in [1.54, 1.807) is 0 Å². The number of piperazine rings is 1. The molecule has 0 saturated carbocycles. The van der Waals surface area contributed by atoms with Gasteiger partial charge in [-0.15, -0.1) is 10.2 Å². The van der Waals surface area contributed by atoms with E-state index in [2.05, 4.69) is 20.1 Å². The highest BCUT2D eigenvalue weighted by atomic mass is 16.5. The maximum atomic E-state index is 13.0. The Hall–Kier alpha value is -3.16. The van der Waals surface area contributed by atoms with Crippen LogP contribution >= 0.6 is 0 Å². The third-order valence-corrected chi connectivity index (χ3v) is 5.02. The van der Waals surface area contributed by atoms with Gasteiger partial charge in [-0.1, -0.05) is 12.1 Å². The number of amides is 1. The molecule has 8 nitrogen and oxygen atoms in total. The normalized spacial score (nSPS) is 14.5. The molecule has 0 bridgehead atoms. The molecule has 1 aromatic carbocycles. The van der Waals surface area contributed by atoms with Gasteiger partial charge in [-0.25, -0.2) is 0 Å². The first-order valence-corrected chi connectivity index (χ1v) is 9.54. The van der Waals surface area contributed by atoms with Crippen molar-refractivity contribution in [1.29, 1.82) is 0 Å². The van der Waals surface area contributed by atoms with E-state index >= 15 is 0 Å². The van der Waals surface area contributed by atoms with Crippen LogP contribution in [0.4, 0.5) is 5.82 Å². The molecule has 3 heterocycles. The van der Waals surface area contributed by atoms with Gasteiger partial charge in [0.25, 0.3) is 11.7 Å². The van der Waals surface area contributed by atoms with Gasteiger partial charge in [-0.2, -0.15) is 4.98 Å². The second-order valence-electron chi connectivity index (χ2n) is 6.85. The van der Waals surface area contributed by atoms with Crippen LogP contribution in [0, 0.1) is 13.8 Å². The van der Waals surface area contributed by atoms with Crippen LogP contribution in [-0.4, -0.2) is 63.2 Å². The van der Waals surface area contributed by atoms with E-state index in [0.717, 1.165) is 30.4 Å². The van der Waals surface area contributed by atoms with Crippen molar-refractivity contribution < 1.29 is 9.53 Å². The molecular formula is C20H24N6O2. The summed E-state index contributed by atoms with van der Waals surface area (Å²) < 4.78 is 7.55. The fourth-order valence-corrected chi connectivity index (χ4v) is 3.62. The Morgan fingerprint density at radius 2 is 1.86 bits per heavy atom. The predicted molar refractivity (Wildman–Crippen MR) is 106 cm³/mol. The molecule has 1 saturated heterocycles. The van der Waals surface area contributed by atoms with Gasteiger partial charge < -0.3 is 14.5 Å². The zero-order valence-electron chi connectivity index (χ0n) is 16.4. The maximum Gasteiger partial charge on any atom is 0.257 e. The number of fused-ring (bicyclic) bond motifs is 1. The number of rotatable bonds is 4. The Labute approximate surface area is 163 Å². The lowest BCUT2D eigenvalue weighted by atomic mass is 10.1. The van der Waals surface area contributed by atoms with E-state index in [0.29, 0.717) is 36.8 Å². The van der Waals surface area contributed by atoms with Crippen LogP contribution in [0.5, 0.6) is 5.75 Å². The number of hydrogen-bond donors (Lipinski definition) is 0. The van der Waals surface area contributed by atoms with E-state index in [4.69, 9.17) is 4.74 Å². The molecule has 4 rings (SSSR count). The quantitative estimate of drug-likeness (QED) is 0.690. The summed E-state index contributed by atoms with van der Waals surface area (Å²) in [5, 5.41) is 8.24. The number of hydrogen-bond acceptors (Lipinski definition) is 6. The minimum atomic E-state index is 0.0105. The van der Waals surface area contributed by atoms with Crippen LogP contribution in [0.3, 0.4) is 0 Å². The summed E-state index contributed by atoms with van der Waals surface area (Å²) in [6, 6.07) is 9.47. The standard InChI is InChI=1S/C20H24N6O2/c1-4-28-17-8-6-5-7-16(17)19(27)25-11-9-24(10-12-25)18-13-14(2)26-15(3)22-23-20(26)21-18/h5-8,13H,4,9-12H2,1-3H3. The largest absolute Gasteiger partial charge is 0.493 e. The van der Waals surface area contributed by atoms with E-state index in [-0.39, 0.29) is 5.91 Å². The molecule has 146 valence electrons. The Morgan fingerprint density at radius 3 is 2.61 bits per heavy atom. The molecule has 8 heteroatoms. The average molecular weight is 380 g/mol. The van der Waals surface area contributed by atoms with Crippen molar-refractivity contribution in [3.63, 3.8) is 0 Å². The lowest BCUT2D eigenvalue weighted by molar-refractivity contribution is 0.0742. The number of carbonyl (C=O) groups is 1. The Balaban J connectivity index is 1.48. The zero-order valence-corrected chi connectivity index (χ0v) is 16.4. The van der Waals surface area contributed by atoms with E-state index in [1.165, 1.54) is 0 Å². The number of anilines is 1. The molecule has 0 aliphatic carbocycles. The smallest absolute Gasteiger partial charge is 0.257 e. The molecule has 2 aromatic heterocycles. The van der Waals surface area contributed by atoms with Crippen LogP contribution in [-0.2, 0) is 0 Å². The van der Waals surface area contributed by atoms with Crippen molar-refractivity contribution in [3.05, 3.63) is 47.4 Å². The van der Waals surface area contributed by atoms with Crippen molar-refractivity contribution in [3.8, 4) is 5.75 Å². The summed E-state index contributed by atoms with van der Waals surface area (Å²) in [5.74, 6) is 2.96. The zero-order chi connectivity index (χ0) is 19.7. The SMILES string of the molecule is CCOc1ccccc1C(=O)N1CCN(c2cc(C)n3c(C)nnc3n2)CC1. The van der Waals surface area contributed by atoms with E-state index in [9.17, 15) is 4.79 Å². The van der Waals surface area contributed by atoms with Gasteiger partial charge in [0.15, 0.2) is 0 Å². The Kier molecular flexibility index (Phi) is 4.85. The molecule has 3 aromatic rings. The minimum Gasteiger partial charge on any atom is -0.493 e. The van der Waals surface area contributed by atoms with Crippen molar-refractivity contribution >= 4 is 17.5 Å². The van der Waals surface area contributed by atoms with Gasteiger partial charge >= 0.3 is 0 Å². The minimum absolute atomic E-state index is 0.0105. The van der Waals surface area contributed by atoms with Crippen LogP contribution in [0.15, 0.2) is 30.3 Å². The number of carbonyl (C=O) groups excluding carboxylic acids is 1. The highest BCUT2D eigenvalue weighted by Crippen LogP contribution is 2.22. The van der Waals surface area contributed by atoms with Gasteiger partial charge in [0.2, 0.25) is 0 Å². The number of benzene rings is 1. The summed E-state index contributed by atoms with van der Waals surface area (Å²) in [6.07, 6.45) is 0. The molecule has 1 aliphatic rings. The Bertz CT molecular complexity index is 1010. The number of aromatic nitrogens is 4. The lowest BCUT2D eigenvalue weighted by Gasteiger charge is -2.35. The topological polar surface area (TPSA) is 75.9 Å². The van der Waals surface area contributed by atoms with Gasteiger partial charge in [0, 0.05) is 37.9 Å². The van der Waals surface area contributed by atoms with Crippen molar-refractivity contribution in [2.45, 2.75) is 20.8 Å². The molecule has 1 amide bonds. The first-order chi connectivity index (χ1) is 13.6. The fraction of sp³-hybridized carbons (Fsp3) is 0.400. The second kappa shape index (κ2) is 7.46. The fourth-order valence-electron chi connectivity index (χ4n) is 3.62. The number of aryl methyl sites for hydroxylation is 2. The molecule has 0 spiro atoms. The van der Waals surface area contributed by atoms with Crippen molar-refractivity contribution in [2.75, 3.05) is 37.7 Å². The number of ether oxygens (including phenoxy) is 1. The lowest BCUT2D eigenvalue weighted by Crippen LogP contribution is -2.49. The molecule has 0 N–H and O–H groups in total. The van der Waals surface area contributed by atoms with E-state index < -0.39 is 0 Å². The first-order valence-electron chi connectivity index (χ1n) is 9.54. The molecule has 1 fully saturated rings. The van der Waals surface area contributed by atoms with Crippen LogP contribution < -0.4 is 9.64 Å². The molecule has 1 aliphatic heterocycles. The summed E-state index contributed by atoms with van der Waals surface area (Å²) in [6.45, 7) is 9.11. The third kappa shape index (κ3) is 3.26. The maximum absolute atomic E-state index is 13.0. The number of nitrogens with zero attached hydrogens (tertiary/aromatic N) is 6. The first kappa shape index (κ1) is 18.2. The Morgan fingerprint density at radius 1 is 1.11 bits per heavy atom. The van der Waals surface area contributed by atoms with Gasteiger partial charge in [-0.3, -0.25) is 9.20 Å². The summed E-state index contributed by atoms with van der Waals surface area (Å²) in [5.41, 5.74) is 1.67. The highest BCUT2D eigenvalue weighted by molar-refractivity contribution is 5.97. The molecule has 0 unspecified atom stereocenters. The number of para-hydroxylation sites is 1. The van der Waals surface area contributed by atoms with Crippen LogP contribution in [0.2, 0.25) is 0 Å². The van der Waals surface area contributed by atoms with Crippen molar-refractivity contribution in [2.24, 2.45) is 0 Å². The van der Waals surface area contributed by atoms with Gasteiger partial charge in [-0.05, 0) is 32.9 Å². The van der Waals surface area contributed by atoms with E-state index in [1.807, 2.05) is 60.4 Å². The summed E-state index contributed by atoms with van der Waals surface area (Å²) in [7, 11) is 0. The molecular weight excluding hydrogens is 356 g/mol. The molecule has 0 radical (unpaired) electrons.